The molecule has 28 heavy (non-hydrogen) atoms. The van der Waals surface area contributed by atoms with E-state index in [0.717, 1.165) is 17.5 Å². The molecule has 1 saturated heterocycles. The van der Waals surface area contributed by atoms with Crippen molar-refractivity contribution in [3.05, 3.63) is 46.9 Å². The van der Waals surface area contributed by atoms with Gasteiger partial charge in [0.2, 0.25) is 0 Å². The highest BCUT2D eigenvalue weighted by Gasteiger charge is 2.29. The Hall–Kier alpha value is -3.03. The minimum atomic E-state index is 0.0596. The number of likely N-dealkylation sites (tertiary alicyclic amines) is 1. The number of carbonyl (C=O) groups excluding carboxylic acids is 1. The first kappa shape index (κ1) is 18.3. The van der Waals surface area contributed by atoms with Gasteiger partial charge in [-0.2, -0.15) is 4.98 Å². The van der Waals surface area contributed by atoms with Gasteiger partial charge >= 0.3 is 0 Å². The molecule has 0 spiro atoms. The molecule has 8 nitrogen and oxygen atoms in total. The zero-order valence-electron chi connectivity index (χ0n) is 16.6. The second-order valence-electron chi connectivity index (χ2n) is 7.69. The van der Waals surface area contributed by atoms with E-state index in [1.165, 1.54) is 5.56 Å². The molecule has 1 atom stereocenters. The monoisotopic (exact) mass is 380 g/mol. The van der Waals surface area contributed by atoms with Crippen LogP contribution >= 0.6 is 0 Å². The van der Waals surface area contributed by atoms with Crippen LogP contribution in [-0.2, 0) is 0 Å². The van der Waals surface area contributed by atoms with E-state index in [4.69, 9.17) is 4.52 Å². The van der Waals surface area contributed by atoms with Gasteiger partial charge in [0, 0.05) is 24.6 Å². The minimum Gasteiger partial charge on any atom is -0.336 e. The molecule has 3 heterocycles. The summed E-state index contributed by atoms with van der Waals surface area (Å²) in [5.41, 5.74) is 3.60. The number of aryl methyl sites for hydroxylation is 2. The predicted molar refractivity (Wildman–Crippen MR) is 103 cm³/mol. The molecule has 1 aromatic carbocycles. The Labute approximate surface area is 163 Å². The standard InChI is InChI=1S/C20H24N6O2/c1-12(2)18-21-19(28-23-18)17-11-26(24-22-17)16-7-8-25(10-16)20(27)15-6-5-13(3)14(4)9-15/h5-6,9,11-12,16H,7-8,10H2,1-4H3. The molecular formula is C20H24N6O2. The maximum atomic E-state index is 12.8. The van der Waals surface area contributed by atoms with Crippen LogP contribution in [0.3, 0.4) is 0 Å². The van der Waals surface area contributed by atoms with E-state index in [-0.39, 0.29) is 17.9 Å². The molecule has 1 fully saturated rings. The molecule has 1 amide bonds. The van der Waals surface area contributed by atoms with Gasteiger partial charge in [-0.1, -0.05) is 30.3 Å². The van der Waals surface area contributed by atoms with Crippen LogP contribution in [0.25, 0.3) is 11.6 Å². The van der Waals surface area contributed by atoms with Crippen LogP contribution in [0.5, 0.6) is 0 Å². The molecule has 1 unspecified atom stereocenters. The maximum Gasteiger partial charge on any atom is 0.280 e. The molecule has 146 valence electrons. The maximum absolute atomic E-state index is 12.8. The fraction of sp³-hybridized carbons (Fsp3) is 0.450. The van der Waals surface area contributed by atoms with Crippen molar-refractivity contribution in [2.75, 3.05) is 13.1 Å². The molecule has 8 heteroatoms. The van der Waals surface area contributed by atoms with Crippen molar-refractivity contribution in [3.63, 3.8) is 0 Å². The van der Waals surface area contributed by atoms with Gasteiger partial charge in [0.1, 0.15) is 0 Å². The van der Waals surface area contributed by atoms with Crippen molar-refractivity contribution in [1.29, 1.82) is 0 Å². The molecule has 0 bridgehead atoms. The zero-order valence-corrected chi connectivity index (χ0v) is 16.6. The van der Waals surface area contributed by atoms with Crippen LogP contribution in [0.1, 0.15) is 59.5 Å². The fourth-order valence-corrected chi connectivity index (χ4v) is 3.33. The van der Waals surface area contributed by atoms with E-state index in [0.29, 0.717) is 30.5 Å². The molecule has 0 aliphatic carbocycles. The Bertz CT molecular complexity index is 1010. The SMILES string of the molecule is Cc1ccc(C(=O)N2CCC(n3cc(-c4nc(C(C)C)no4)nn3)C2)cc1C. The van der Waals surface area contributed by atoms with Gasteiger partial charge in [0.25, 0.3) is 11.8 Å². The van der Waals surface area contributed by atoms with E-state index in [1.807, 2.05) is 57.0 Å². The fourth-order valence-electron chi connectivity index (χ4n) is 3.33. The van der Waals surface area contributed by atoms with E-state index in [9.17, 15) is 4.79 Å². The number of nitrogens with zero attached hydrogens (tertiary/aromatic N) is 6. The van der Waals surface area contributed by atoms with Gasteiger partial charge in [-0.05, 0) is 43.5 Å². The molecule has 0 N–H and O–H groups in total. The van der Waals surface area contributed by atoms with Crippen LogP contribution in [0, 0.1) is 13.8 Å². The van der Waals surface area contributed by atoms with Gasteiger partial charge in [0.05, 0.1) is 12.2 Å². The lowest BCUT2D eigenvalue weighted by atomic mass is 10.1. The lowest BCUT2D eigenvalue weighted by Crippen LogP contribution is -2.29. The third-order valence-electron chi connectivity index (χ3n) is 5.27. The van der Waals surface area contributed by atoms with Gasteiger partial charge in [-0.15, -0.1) is 5.10 Å². The smallest absolute Gasteiger partial charge is 0.280 e. The summed E-state index contributed by atoms with van der Waals surface area (Å²) in [7, 11) is 0. The average molecular weight is 380 g/mol. The van der Waals surface area contributed by atoms with Crippen molar-refractivity contribution in [1.82, 2.24) is 30.0 Å². The summed E-state index contributed by atoms with van der Waals surface area (Å²) in [5.74, 6) is 1.27. The van der Waals surface area contributed by atoms with Crippen molar-refractivity contribution >= 4 is 5.91 Å². The van der Waals surface area contributed by atoms with E-state index >= 15 is 0 Å². The molecule has 0 radical (unpaired) electrons. The molecule has 1 aliphatic heterocycles. The highest BCUT2D eigenvalue weighted by atomic mass is 16.5. The summed E-state index contributed by atoms with van der Waals surface area (Å²) in [6, 6.07) is 5.94. The van der Waals surface area contributed by atoms with Crippen LogP contribution in [-0.4, -0.2) is 49.0 Å². The Morgan fingerprint density at radius 1 is 1.25 bits per heavy atom. The predicted octanol–water partition coefficient (Wildman–Crippen LogP) is 3.16. The summed E-state index contributed by atoms with van der Waals surface area (Å²) in [5, 5.41) is 12.4. The van der Waals surface area contributed by atoms with Crippen LogP contribution in [0.2, 0.25) is 0 Å². The number of hydrogen-bond acceptors (Lipinski definition) is 6. The van der Waals surface area contributed by atoms with E-state index < -0.39 is 0 Å². The topological polar surface area (TPSA) is 89.9 Å². The molecule has 1 aliphatic rings. The Balaban J connectivity index is 1.46. The molecular weight excluding hydrogens is 356 g/mol. The third-order valence-corrected chi connectivity index (χ3v) is 5.27. The highest BCUT2D eigenvalue weighted by molar-refractivity contribution is 5.94. The van der Waals surface area contributed by atoms with Crippen LogP contribution in [0.15, 0.2) is 28.9 Å². The largest absolute Gasteiger partial charge is 0.336 e. The van der Waals surface area contributed by atoms with Crippen molar-refractivity contribution < 1.29 is 9.32 Å². The second-order valence-corrected chi connectivity index (χ2v) is 7.69. The third kappa shape index (κ3) is 3.42. The summed E-state index contributed by atoms with van der Waals surface area (Å²) >= 11 is 0. The van der Waals surface area contributed by atoms with Gasteiger partial charge < -0.3 is 9.42 Å². The van der Waals surface area contributed by atoms with Gasteiger partial charge in [-0.25, -0.2) is 4.68 Å². The van der Waals surface area contributed by atoms with Crippen molar-refractivity contribution in [2.24, 2.45) is 0 Å². The number of benzene rings is 1. The van der Waals surface area contributed by atoms with Crippen LogP contribution in [0.4, 0.5) is 0 Å². The Kier molecular flexibility index (Phi) is 4.70. The number of aromatic nitrogens is 5. The quantitative estimate of drug-likeness (QED) is 0.691. The normalized spacial score (nSPS) is 16.9. The molecule has 4 rings (SSSR count). The highest BCUT2D eigenvalue weighted by Crippen LogP contribution is 2.25. The first-order valence-electron chi connectivity index (χ1n) is 9.54. The number of carbonyl (C=O) groups is 1. The molecule has 2 aromatic heterocycles. The summed E-state index contributed by atoms with van der Waals surface area (Å²) < 4.78 is 7.08. The van der Waals surface area contributed by atoms with Gasteiger partial charge in [0.15, 0.2) is 11.5 Å². The van der Waals surface area contributed by atoms with Crippen molar-refractivity contribution in [2.45, 2.75) is 46.1 Å². The number of rotatable bonds is 4. The molecule has 3 aromatic rings. The average Bonchev–Trinajstić information content (AvgIpc) is 3.42. The molecule has 0 saturated carbocycles. The minimum absolute atomic E-state index is 0.0596. The zero-order chi connectivity index (χ0) is 19.8. The summed E-state index contributed by atoms with van der Waals surface area (Å²) in [4.78, 5) is 19.1. The second kappa shape index (κ2) is 7.18. The summed E-state index contributed by atoms with van der Waals surface area (Å²) in [6.07, 6.45) is 2.65. The lowest BCUT2D eigenvalue weighted by Gasteiger charge is -2.17. The summed E-state index contributed by atoms with van der Waals surface area (Å²) in [6.45, 7) is 9.39. The first-order chi connectivity index (χ1) is 13.4. The lowest BCUT2D eigenvalue weighted by molar-refractivity contribution is 0.0787. The number of amides is 1. The Morgan fingerprint density at radius 2 is 2.07 bits per heavy atom. The van der Waals surface area contributed by atoms with Gasteiger partial charge in [-0.3, -0.25) is 4.79 Å². The number of hydrogen-bond donors (Lipinski definition) is 0. The van der Waals surface area contributed by atoms with Crippen molar-refractivity contribution in [3.8, 4) is 11.6 Å². The van der Waals surface area contributed by atoms with Crippen LogP contribution < -0.4 is 0 Å². The Morgan fingerprint density at radius 3 is 2.79 bits per heavy atom. The van der Waals surface area contributed by atoms with E-state index in [1.54, 1.807) is 4.68 Å². The van der Waals surface area contributed by atoms with E-state index in [2.05, 4.69) is 20.5 Å². The first-order valence-corrected chi connectivity index (χ1v) is 9.54.